The highest BCUT2D eigenvalue weighted by Gasteiger charge is 2.30. The van der Waals surface area contributed by atoms with Gasteiger partial charge in [-0.2, -0.15) is 0 Å². The van der Waals surface area contributed by atoms with Crippen LogP contribution in [0.5, 0.6) is 5.75 Å². The first-order valence-corrected chi connectivity index (χ1v) is 7.63. The van der Waals surface area contributed by atoms with Crippen LogP contribution >= 0.6 is 0 Å². The lowest BCUT2D eigenvalue weighted by Crippen LogP contribution is -2.29. The summed E-state index contributed by atoms with van der Waals surface area (Å²) in [5.41, 5.74) is 3.05. The monoisotopic (exact) mass is 259 g/mol. The van der Waals surface area contributed by atoms with Gasteiger partial charge in [-0.1, -0.05) is 26.8 Å². The Balaban J connectivity index is 1.91. The molecule has 1 aromatic carbocycles. The van der Waals surface area contributed by atoms with Gasteiger partial charge in [0.15, 0.2) is 0 Å². The van der Waals surface area contributed by atoms with E-state index in [2.05, 4.69) is 44.3 Å². The molecule has 0 radical (unpaired) electrons. The number of ether oxygens (including phenoxy) is 1. The topological polar surface area (TPSA) is 21.3 Å². The first-order valence-electron chi connectivity index (χ1n) is 7.63. The van der Waals surface area contributed by atoms with Crippen molar-refractivity contribution in [3.05, 3.63) is 29.3 Å². The zero-order chi connectivity index (χ0) is 13.5. The van der Waals surface area contributed by atoms with E-state index < -0.39 is 0 Å². The Morgan fingerprint density at radius 1 is 1.26 bits per heavy atom. The number of hydrogen-bond acceptors (Lipinski definition) is 2. The van der Waals surface area contributed by atoms with Crippen LogP contribution in [-0.2, 0) is 5.41 Å². The highest BCUT2D eigenvalue weighted by molar-refractivity contribution is 5.43. The molecule has 0 amide bonds. The molecule has 1 aromatic rings. The molecule has 0 aromatic heterocycles. The van der Waals surface area contributed by atoms with E-state index in [0.717, 1.165) is 31.2 Å². The zero-order valence-corrected chi connectivity index (χ0v) is 12.3. The van der Waals surface area contributed by atoms with Crippen LogP contribution in [0.1, 0.15) is 63.6 Å². The summed E-state index contributed by atoms with van der Waals surface area (Å²) in [6, 6.07) is 8.02. The van der Waals surface area contributed by atoms with Crippen molar-refractivity contribution < 1.29 is 4.74 Å². The maximum Gasteiger partial charge on any atom is 0.124 e. The van der Waals surface area contributed by atoms with Crippen molar-refractivity contribution in [2.45, 2.75) is 64.0 Å². The molecule has 1 atom stereocenters. The minimum Gasteiger partial charge on any atom is -0.493 e. The summed E-state index contributed by atoms with van der Waals surface area (Å²) in [7, 11) is 0. The molecule has 0 saturated heterocycles. The largest absolute Gasteiger partial charge is 0.493 e. The Hall–Kier alpha value is -1.02. The lowest BCUT2D eigenvalue weighted by Gasteiger charge is -2.30. The number of fused-ring (bicyclic) bond motifs is 1. The van der Waals surface area contributed by atoms with Crippen LogP contribution in [0.2, 0.25) is 0 Å². The predicted molar refractivity (Wildman–Crippen MR) is 78.8 cm³/mol. The Bertz CT molecular complexity index is 462. The molecule has 1 N–H and O–H groups in total. The van der Waals surface area contributed by atoms with Crippen molar-refractivity contribution in [1.82, 2.24) is 5.32 Å². The third-order valence-electron chi connectivity index (χ3n) is 4.73. The van der Waals surface area contributed by atoms with E-state index in [4.69, 9.17) is 4.74 Å². The summed E-state index contributed by atoms with van der Waals surface area (Å²) in [4.78, 5) is 0. The molecule has 1 fully saturated rings. The van der Waals surface area contributed by atoms with E-state index in [0.29, 0.717) is 6.04 Å². The molecule has 1 unspecified atom stereocenters. The standard InChI is InChI=1S/C17H25NO/c1-4-17(2,3)12-5-8-16-14(11-12)15(9-10-19-16)18-13-6-7-13/h5,8,11,13,15,18H,4,6-7,9-10H2,1-3H3. The fourth-order valence-electron chi connectivity index (χ4n) is 2.73. The fraction of sp³-hybridized carbons (Fsp3) is 0.647. The molecule has 0 spiro atoms. The Kier molecular flexibility index (Phi) is 3.30. The van der Waals surface area contributed by atoms with Gasteiger partial charge in [-0.05, 0) is 42.4 Å². The zero-order valence-electron chi connectivity index (χ0n) is 12.3. The van der Waals surface area contributed by atoms with Gasteiger partial charge in [0.05, 0.1) is 6.61 Å². The quantitative estimate of drug-likeness (QED) is 0.884. The molecule has 2 nitrogen and oxygen atoms in total. The molecule has 104 valence electrons. The van der Waals surface area contributed by atoms with E-state index in [1.54, 1.807) is 0 Å². The van der Waals surface area contributed by atoms with Gasteiger partial charge in [0.1, 0.15) is 5.75 Å². The van der Waals surface area contributed by atoms with Crippen LogP contribution in [-0.4, -0.2) is 12.6 Å². The van der Waals surface area contributed by atoms with Crippen LogP contribution in [0.4, 0.5) is 0 Å². The van der Waals surface area contributed by atoms with Crippen molar-refractivity contribution in [3.8, 4) is 5.75 Å². The predicted octanol–water partition coefficient (Wildman–Crippen LogP) is 3.95. The molecule has 1 heterocycles. The minimum absolute atomic E-state index is 0.247. The SMILES string of the molecule is CCC(C)(C)c1ccc2c(c1)C(NC1CC1)CCO2. The molecule has 19 heavy (non-hydrogen) atoms. The van der Waals surface area contributed by atoms with Crippen LogP contribution < -0.4 is 10.1 Å². The van der Waals surface area contributed by atoms with Gasteiger partial charge in [-0.25, -0.2) is 0 Å². The van der Waals surface area contributed by atoms with Crippen molar-refractivity contribution in [2.75, 3.05) is 6.61 Å². The number of hydrogen-bond donors (Lipinski definition) is 1. The summed E-state index contributed by atoms with van der Waals surface area (Å²) in [5, 5.41) is 3.77. The lowest BCUT2D eigenvalue weighted by molar-refractivity contribution is 0.251. The summed E-state index contributed by atoms with van der Waals surface area (Å²) in [6.07, 6.45) is 4.94. The van der Waals surface area contributed by atoms with Crippen molar-refractivity contribution in [1.29, 1.82) is 0 Å². The van der Waals surface area contributed by atoms with E-state index in [-0.39, 0.29) is 5.41 Å². The normalized spacial score (nSPS) is 22.8. The summed E-state index contributed by atoms with van der Waals surface area (Å²) in [6.45, 7) is 7.74. The van der Waals surface area contributed by atoms with Crippen molar-refractivity contribution >= 4 is 0 Å². The molecule has 2 heteroatoms. The summed E-state index contributed by atoms with van der Waals surface area (Å²) < 4.78 is 5.82. The second-order valence-electron chi connectivity index (χ2n) is 6.62. The maximum absolute atomic E-state index is 5.82. The second kappa shape index (κ2) is 4.82. The van der Waals surface area contributed by atoms with Gasteiger partial charge in [0, 0.05) is 24.1 Å². The maximum atomic E-state index is 5.82. The van der Waals surface area contributed by atoms with Crippen LogP contribution in [0, 0.1) is 0 Å². The molecular weight excluding hydrogens is 234 g/mol. The van der Waals surface area contributed by atoms with Crippen molar-refractivity contribution in [2.24, 2.45) is 0 Å². The van der Waals surface area contributed by atoms with Gasteiger partial charge >= 0.3 is 0 Å². The molecule has 1 saturated carbocycles. The van der Waals surface area contributed by atoms with E-state index >= 15 is 0 Å². The third-order valence-corrected chi connectivity index (χ3v) is 4.73. The third kappa shape index (κ3) is 2.64. The van der Waals surface area contributed by atoms with Gasteiger partial charge < -0.3 is 10.1 Å². The van der Waals surface area contributed by atoms with Gasteiger partial charge in [0.25, 0.3) is 0 Å². The second-order valence-corrected chi connectivity index (χ2v) is 6.62. The highest BCUT2D eigenvalue weighted by atomic mass is 16.5. The van der Waals surface area contributed by atoms with E-state index in [1.165, 1.54) is 24.0 Å². The van der Waals surface area contributed by atoms with Gasteiger partial charge in [-0.3, -0.25) is 0 Å². The van der Waals surface area contributed by atoms with E-state index in [1.807, 2.05) is 0 Å². The molecule has 0 bridgehead atoms. The van der Waals surface area contributed by atoms with Gasteiger partial charge in [0.2, 0.25) is 0 Å². The van der Waals surface area contributed by atoms with Gasteiger partial charge in [-0.15, -0.1) is 0 Å². The van der Waals surface area contributed by atoms with Crippen LogP contribution in [0.15, 0.2) is 18.2 Å². The fourth-order valence-corrected chi connectivity index (χ4v) is 2.73. The lowest BCUT2D eigenvalue weighted by atomic mass is 9.80. The summed E-state index contributed by atoms with van der Waals surface area (Å²) in [5.74, 6) is 1.08. The molecule has 3 rings (SSSR count). The first-order chi connectivity index (χ1) is 9.10. The Labute approximate surface area is 116 Å². The number of nitrogens with one attached hydrogen (secondary N) is 1. The first kappa shape index (κ1) is 13.0. The van der Waals surface area contributed by atoms with Crippen molar-refractivity contribution in [3.63, 3.8) is 0 Å². The average Bonchev–Trinajstić information content (AvgIpc) is 3.22. The molecular formula is C17H25NO. The van der Waals surface area contributed by atoms with Crippen LogP contribution in [0.3, 0.4) is 0 Å². The average molecular weight is 259 g/mol. The molecule has 2 aliphatic rings. The van der Waals surface area contributed by atoms with Crippen LogP contribution in [0.25, 0.3) is 0 Å². The number of rotatable bonds is 4. The summed E-state index contributed by atoms with van der Waals surface area (Å²) >= 11 is 0. The van der Waals surface area contributed by atoms with E-state index in [9.17, 15) is 0 Å². The Morgan fingerprint density at radius 2 is 2.05 bits per heavy atom. The highest BCUT2D eigenvalue weighted by Crippen LogP contribution is 2.38. The molecule has 1 aliphatic heterocycles. The number of benzene rings is 1. The minimum atomic E-state index is 0.247. The smallest absolute Gasteiger partial charge is 0.124 e. The Morgan fingerprint density at radius 3 is 2.74 bits per heavy atom. The molecule has 1 aliphatic carbocycles.